The highest BCUT2D eigenvalue weighted by Crippen LogP contribution is 2.34. The van der Waals surface area contributed by atoms with Crippen molar-refractivity contribution in [3.8, 4) is 0 Å². The minimum absolute atomic E-state index is 0.168. The summed E-state index contributed by atoms with van der Waals surface area (Å²) in [6.07, 6.45) is 3.04. The number of aliphatic hydroxyl groups is 1. The molecule has 2 heterocycles. The normalized spacial score (nSPS) is 32.1. The quantitative estimate of drug-likeness (QED) is 0.797. The first kappa shape index (κ1) is 11.0. The molecule has 2 aliphatic heterocycles. The third kappa shape index (κ3) is 2.03. The number of aliphatic hydroxyl groups excluding tert-OH is 1. The monoisotopic (exact) mass is 229 g/mol. The number of rotatable bonds is 1. The molecule has 1 aromatic carbocycles. The number of fused-ring (bicyclic) bond motifs is 2. The maximum Gasteiger partial charge on any atom is 0.0633 e. The SMILES string of the molecule is Cc1cccc(C2=CCN3CC[C@H](O)[C@H]2C3)c1. The van der Waals surface area contributed by atoms with Gasteiger partial charge in [-0.15, -0.1) is 0 Å². The lowest BCUT2D eigenvalue weighted by Gasteiger charge is -2.40. The molecule has 2 heteroatoms. The van der Waals surface area contributed by atoms with Crippen LogP contribution in [0.25, 0.3) is 5.57 Å². The van der Waals surface area contributed by atoms with E-state index in [0.29, 0.717) is 5.92 Å². The first-order valence-electron chi connectivity index (χ1n) is 6.41. The van der Waals surface area contributed by atoms with E-state index in [2.05, 4.69) is 42.2 Å². The third-order valence-corrected chi connectivity index (χ3v) is 3.98. The van der Waals surface area contributed by atoms with Gasteiger partial charge in [0.2, 0.25) is 0 Å². The maximum absolute atomic E-state index is 10.2. The van der Waals surface area contributed by atoms with Gasteiger partial charge >= 0.3 is 0 Å². The van der Waals surface area contributed by atoms with Gasteiger partial charge in [0, 0.05) is 25.6 Å². The van der Waals surface area contributed by atoms with Crippen LogP contribution in [0.4, 0.5) is 0 Å². The molecule has 2 nitrogen and oxygen atoms in total. The summed E-state index contributed by atoms with van der Waals surface area (Å²) in [6, 6.07) is 8.61. The molecule has 0 saturated carbocycles. The highest BCUT2D eigenvalue weighted by atomic mass is 16.3. The summed E-state index contributed by atoms with van der Waals surface area (Å²) in [7, 11) is 0. The predicted molar refractivity (Wildman–Crippen MR) is 69.7 cm³/mol. The summed E-state index contributed by atoms with van der Waals surface area (Å²) in [6.45, 7) is 5.21. The van der Waals surface area contributed by atoms with Gasteiger partial charge in [0.15, 0.2) is 0 Å². The summed E-state index contributed by atoms with van der Waals surface area (Å²) in [4.78, 5) is 2.43. The average molecular weight is 229 g/mol. The fraction of sp³-hybridized carbons (Fsp3) is 0.467. The average Bonchev–Trinajstić information content (AvgIpc) is 2.34. The Hall–Kier alpha value is -1.12. The van der Waals surface area contributed by atoms with Crippen LogP contribution in [0.1, 0.15) is 17.5 Å². The van der Waals surface area contributed by atoms with Crippen LogP contribution in [0, 0.1) is 12.8 Å². The molecule has 3 rings (SSSR count). The van der Waals surface area contributed by atoms with E-state index in [1.807, 2.05) is 0 Å². The van der Waals surface area contributed by atoms with Crippen LogP contribution in [0.3, 0.4) is 0 Å². The minimum Gasteiger partial charge on any atom is -0.392 e. The number of piperidine rings is 1. The summed E-state index contributed by atoms with van der Waals surface area (Å²) in [5.74, 6) is 0.305. The molecule has 1 N–H and O–H groups in total. The molecule has 3 atom stereocenters. The van der Waals surface area contributed by atoms with Gasteiger partial charge < -0.3 is 5.11 Å². The van der Waals surface area contributed by atoms with Gasteiger partial charge in [-0.1, -0.05) is 35.9 Å². The molecule has 0 amide bonds. The molecule has 2 bridgehead atoms. The molecule has 1 saturated heterocycles. The van der Waals surface area contributed by atoms with Crippen molar-refractivity contribution >= 4 is 5.57 Å². The number of hydrogen-bond acceptors (Lipinski definition) is 2. The summed E-state index contributed by atoms with van der Waals surface area (Å²) in [5.41, 5.74) is 3.92. The van der Waals surface area contributed by atoms with E-state index in [0.717, 1.165) is 26.1 Å². The lowest BCUT2D eigenvalue weighted by molar-refractivity contribution is 0.0509. The zero-order valence-corrected chi connectivity index (χ0v) is 10.3. The molecule has 2 aliphatic rings. The van der Waals surface area contributed by atoms with E-state index in [4.69, 9.17) is 0 Å². The first-order chi connectivity index (χ1) is 8.24. The van der Waals surface area contributed by atoms with Crippen LogP contribution >= 0.6 is 0 Å². The Kier molecular flexibility index (Phi) is 2.77. The van der Waals surface area contributed by atoms with Crippen LogP contribution in [-0.4, -0.2) is 35.7 Å². The van der Waals surface area contributed by atoms with E-state index in [9.17, 15) is 5.11 Å². The number of benzene rings is 1. The largest absolute Gasteiger partial charge is 0.392 e. The number of hydrogen-bond donors (Lipinski definition) is 1. The van der Waals surface area contributed by atoms with Crippen molar-refractivity contribution in [3.63, 3.8) is 0 Å². The van der Waals surface area contributed by atoms with Gasteiger partial charge in [0.25, 0.3) is 0 Å². The highest BCUT2D eigenvalue weighted by molar-refractivity contribution is 5.69. The van der Waals surface area contributed by atoms with Crippen molar-refractivity contribution in [1.82, 2.24) is 4.90 Å². The van der Waals surface area contributed by atoms with E-state index < -0.39 is 0 Å². The van der Waals surface area contributed by atoms with Crippen molar-refractivity contribution < 1.29 is 5.11 Å². The van der Waals surface area contributed by atoms with Gasteiger partial charge in [-0.2, -0.15) is 0 Å². The summed E-state index contributed by atoms with van der Waals surface area (Å²) in [5, 5.41) is 10.2. The Labute approximate surface area is 103 Å². The van der Waals surface area contributed by atoms with Crippen molar-refractivity contribution in [1.29, 1.82) is 0 Å². The molecule has 1 aromatic rings. The predicted octanol–water partition coefficient (Wildman–Crippen LogP) is 2.07. The highest BCUT2D eigenvalue weighted by Gasteiger charge is 2.33. The van der Waals surface area contributed by atoms with Gasteiger partial charge in [0.05, 0.1) is 6.10 Å². The van der Waals surface area contributed by atoms with Crippen LogP contribution in [-0.2, 0) is 0 Å². The summed E-state index contributed by atoms with van der Waals surface area (Å²) >= 11 is 0. The van der Waals surface area contributed by atoms with Crippen LogP contribution in [0.15, 0.2) is 30.3 Å². The molecule has 0 aromatic heterocycles. The van der Waals surface area contributed by atoms with Crippen molar-refractivity contribution in [2.75, 3.05) is 19.6 Å². The fourth-order valence-corrected chi connectivity index (χ4v) is 3.01. The smallest absolute Gasteiger partial charge is 0.0633 e. The van der Waals surface area contributed by atoms with Gasteiger partial charge in [-0.3, -0.25) is 4.90 Å². The van der Waals surface area contributed by atoms with E-state index in [1.54, 1.807) is 0 Å². The molecular formula is C15H19NO. The Morgan fingerprint density at radius 1 is 1.35 bits per heavy atom. The van der Waals surface area contributed by atoms with Crippen LogP contribution in [0.5, 0.6) is 0 Å². The van der Waals surface area contributed by atoms with Gasteiger partial charge in [-0.05, 0) is 24.5 Å². The molecule has 0 spiro atoms. The minimum atomic E-state index is -0.168. The topological polar surface area (TPSA) is 23.5 Å². The Bertz CT molecular complexity index is 452. The van der Waals surface area contributed by atoms with Crippen molar-refractivity contribution in [3.05, 3.63) is 41.5 Å². The molecule has 1 fully saturated rings. The van der Waals surface area contributed by atoms with E-state index in [-0.39, 0.29) is 6.10 Å². The Balaban J connectivity index is 1.97. The molecule has 0 aliphatic carbocycles. The van der Waals surface area contributed by atoms with Crippen molar-refractivity contribution in [2.24, 2.45) is 5.92 Å². The molecule has 90 valence electrons. The van der Waals surface area contributed by atoms with Crippen LogP contribution < -0.4 is 0 Å². The van der Waals surface area contributed by atoms with Gasteiger partial charge in [-0.25, -0.2) is 0 Å². The third-order valence-electron chi connectivity index (χ3n) is 3.98. The van der Waals surface area contributed by atoms with E-state index in [1.165, 1.54) is 16.7 Å². The standard InChI is InChI=1S/C15H19NO/c1-11-3-2-4-12(9-11)13-5-7-16-8-6-15(17)14(13)10-16/h2-5,9,14-15,17H,6-8,10H2,1H3/t14-,15-/m0/s1. The summed E-state index contributed by atoms with van der Waals surface area (Å²) < 4.78 is 0. The number of aryl methyl sites for hydroxylation is 1. The molecule has 1 unspecified atom stereocenters. The maximum atomic E-state index is 10.2. The van der Waals surface area contributed by atoms with E-state index >= 15 is 0 Å². The lowest BCUT2D eigenvalue weighted by atomic mass is 9.81. The Morgan fingerprint density at radius 3 is 3.06 bits per heavy atom. The lowest BCUT2D eigenvalue weighted by Crippen LogP contribution is -2.46. The second-order valence-corrected chi connectivity index (χ2v) is 5.25. The van der Waals surface area contributed by atoms with Crippen LogP contribution in [0.2, 0.25) is 0 Å². The van der Waals surface area contributed by atoms with Crippen molar-refractivity contribution in [2.45, 2.75) is 19.4 Å². The first-order valence-corrected chi connectivity index (χ1v) is 6.41. The fourth-order valence-electron chi connectivity index (χ4n) is 3.01. The zero-order chi connectivity index (χ0) is 11.8. The second-order valence-electron chi connectivity index (χ2n) is 5.25. The zero-order valence-electron chi connectivity index (χ0n) is 10.3. The second kappa shape index (κ2) is 4.28. The number of nitrogens with zero attached hydrogens (tertiary/aromatic N) is 1. The molecule has 0 radical (unpaired) electrons. The van der Waals surface area contributed by atoms with Gasteiger partial charge in [0.1, 0.15) is 0 Å². The molecular weight excluding hydrogens is 210 g/mol. The molecule has 17 heavy (non-hydrogen) atoms. The Morgan fingerprint density at radius 2 is 2.24 bits per heavy atom.